The molecule has 1 saturated heterocycles. The van der Waals surface area contributed by atoms with Gasteiger partial charge in [0.05, 0.1) is 23.8 Å². The third-order valence-corrected chi connectivity index (χ3v) is 5.96. The van der Waals surface area contributed by atoms with Crippen molar-refractivity contribution in [3.63, 3.8) is 0 Å². The molecule has 1 heterocycles. The van der Waals surface area contributed by atoms with Crippen LogP contribution in [0, 0.1) is 0 Å². The minimum Gasteiger partial charge on any atom is -0.404 e. The van der Waals surface area contributed by atoms with Crippen LogP contribution in [-0.2, 0) is 14.8 Å². The first-order valence-corrected chi connectivity index (χ1v) is 9.95. The van der Waals surface area contributed by atoms with Crippen LogP contribution >= 0.6 is 0 Å². The first kappa shape index (κ1) is 21.1. The fourth-order valence-corrected chi connectivity index (χ4v) is 4.17. The van der Waals surface area contributed by atoms with Gasteiger partial charge >= 0.3 is 6.36 Å². The summed E-state index contributed by atoms with van der Waals surface area (Å²) in [6.45, 7) is 0.937. The van der Waals surface area contributed by atoms with E-state index in [2.05, 4.69) is 10.1 Å². The fourth-order valence-electron chi connectivity index (χ4n) is 2.71. The van der Waals surface area contributed by atoms with Crippen LogP contribution in [0.25, 0.3) is 0 Å². The third kappa shape index (κ3) is 5.25. The normalized spacial score (nSPS) is 15.7. The van der Waals surface area contributed by atoms with Gasteiger partial charge in [-0.25, -0.2) is 8.42 Å². The molecule has 1 amide bonds. The summed E-state index contributed by atoms with van der Waals surface area (Å²) in [5, 5.41) is 2.32. The number of nitrogens with one attached hydrogen (secondary N) is 1. The molecule has 2 aromatic carbocycles. The van der Waals surface area contributed by atoms with Gasteiger partial charge in [0.1, 0.15) is 0 Å². The first-order chi connectivity index (χ1) is 13.7. The van der Waals surface area contributed by atoms with Gasteiger partial charge in [-0.3, -0.25) is 4.79 Å². The standard InChI is InChI=1S/C18H17F3N2O5S/c19-18(20,21)28-16-7-2-1-6-15(16)22-17(24)13-4-3-5-14(12-13)29(25,26)23-8-10-27-11-9-23/h1-7,12H,8-11H2,(H,22,24). The number of carbonyl (C=O) groups excluding carboxylic acids is 1. The number of amides is 1. The molecule has 0 radical (unpaired) electrons. The van der Waals surface area contributed by atoms with Gasteiger partial charge in [-0.2, -0.15) is 4.31 Å². The van der Waals surface area contributed by atoms with Gasteiger partial charge in [0.25, 0.3) is 5.91 Å². The van der Waals surface area contributed by atoms with Crippen LogP contribution in [0.15, 0.2) is 53.4 Å². The second kappa shape index (κ2) is 8.39. The van der Waals surface area contributed by atoms with E-state index < -0.39 is 28.0 Å². The number of ether oxygens (including phenoxy) is 2. The summed E-state index contributed by atoms with van der Waals surface area (Å²) in [5.41, 5.74) is -0.225. The Bertz CT molecular complexity index is 989. The van der Waals surface area contributed by atoms with E-state index in [1.807, 2.05) is 0 Å². The third-order valence-electron chi connectivity index (χ3n) is 4.06. The maximum absolute atomic E-state index is 12.7. The van der Waals surface area contributed by atoms with Crippen LogP contribution in [0.3, 0.4) is 0 Å². The van der Waals surface area contributed by atoms with Crippen LogP contribution in [-0.4, -0.2) is 51.3 Å². The van der Waals surface area contributed by atoms with Crippen molar-refractivity contribution < 1.29 is 35.9 Å². The lowest BCUT2D eigenvalue weighted by Crippen LogP contribution is -2.40. The summed E-state index contributed by atoms with van der Waals surface area (Å²) in [6, 6.07) is 10.3. The number of hydrogen-bond donors (Lipinski definition) is 1. The summed E-state index contributed by atoms with van der Waals surface area (Å²) in [4.78, 5) is 12.4. The van der Waals surface area contributed by atoms with E-state index in [1.165, 1.54) is 46.8 Å². The summed E-state index contributed by atoms with van der Waals surface area (Å²) >= 11 is 0. The number of benzene rings is 2. The molecule has 156 valence electrons. The molecule has 1 aliphatic rings. The van der Waals surface area contributed by atoms with E-state index in [9.17, 15) is 26.4 Å². The van der Waals surface area contributed by atoms with Gasteiger partial charge < -0.3 is 14.8 Å². The number of alkyl halides is 3. The Balaban J connectivity index is 1.82. The highest BCUT2D eigenvalue weighted by Gasteiger charge is 2.32. The minimum absolute atomic E-state index is 0.0267. The molecule has 29 heavy (non-hydrogen) atoms. The van der Waals surface area contributed by atoms with Gasteiger partial charge in [-0.05, 0) is 30.3 Å². The predicted molar refractivity (Wildman–Crippen MR) is 97.1 cm³/mol. The number of morpholine rings is 1. The average Bonchev–Trinajstić information content (AvgIpc) is 2.69. The fraction of sp³-hybridized carbons (Fsp3) is 0.278. The Hall–Kier alpha value is -2.63. The molecule has 1 aliphatic heterocycles. The first-order valence-electron chi connectivity index (χ1n) is 8.51. The zero-order chi connectivity index (χ0) is 21.1. The molecule has 7 nitrogen and oxygen atoms in total. The van der Waals surface area contributed by atoms with Crippen molar-refractivity contribution in [2.75, 3.05) is 31.6 Å². The zero-order valence-corrected chi connectivity index (χ0v) is 15.8. The summed E-state index contributed by atoms with van der Waals surface area (Å²) in [6.07, 6.45) is -4.92. The molecule has 0 aromatic heterocycles. The van der Waals surface area contributed by atoms with Crippen LogP contribution in [0.5, 0.6) is 5.75 Å². The van der Waals surface area contributed by atoms with Crippen LogP contribution in [0.1, 0.15) is 10.4 Å². The number of anilines is 1. The van der Waals surface area contributed by atoms with Crippen LogP contribution < -0.4 is 10.1 Å². The Morgan fingerprint density at radius 2 is 1.76 bits per heavy atom. The highest BCUT2D eigenvalue weighted by Crippen LogP contribution is 2.30. The smallest absolute Gasteiger partial charge is 0.404 e. The summed E-state index contributed by atoms with van der Waals surface area (Å²) < 4.78 is 73.3. The number of nitrogens with zero attached hydrogens (tertiary/aromatic N) is 1. The van der Waals surface area contributed by atoms with Crippen LogP contribution in [0.4, 0.5) is 18.9 Å². The van der Waals surface area contributed by atoms with Crippen molar-refractivity contribution in [2.24, 2.45) is 0 Å². The van der Waals surface area contributed by atoms with E-state index in [0.717, 1.165) is 6.07 Å². The van der Waals surface area contributed by atoms with Gasteiger partial charge in [-0.1, -0.05) is 18.2 Å². The molecule has 2 aromatic rings. The Kier molecular flexibility index (Phi) is 6.10. The number of para-hydroxylation sites is 2. The van der Waals surface area contributed by atoms with Crippen molar-refractivity contribution in [3.8, 4) is 5.75 Å². The molecule has 1 fully saturated rings. The SMILES string of the molecule is O=C(Nc1ccccc1OC(F)(F)F)c1cccc(S(=O)(=O)N2CCOCC2)c1. The quantitative estimate of drug-likeness (QED) is 0.789. The van der Waals surface area contributed by atoms with E-state index >= 15 is 0 Å². The number of carbonyl (C=O) groups is 1. The van der Waals surface area contributed by atoms with E-state index in [0.29, 0.717) is 0 Å². The largest absolute Gasteiger partial charge is 0.573 e. The zero-order valence-electron chi connectivity index (χ0n) is 15.0. The molecular formula is C18H17F3N2O5S. The number of halogens is 3. The number of rotatable bonds is 5. The van der Waals surface area contributed by atoms with E-state index in [4.69, 9.17) is 4.74 Å². The van der Waals surface area contributed by atoms with Gasteiger partial charge in [0.2, 0.25) is 10.0 Å². The molecule has 0 spiro atoms. The Morgan fingerprint density at radius 1 is 1.07 bits per heavy atom. The van der Waals surface area contributed by atoms with Crippen molar-refractivity contribution >= 4 is 21.6 Å². The summed E-state index contributed by atoms with van der Waals surface area (Å²) in [5.74, 6) is -1.35. The van der Waals surface area contributed by atoms with E-state index in [-0.39, 0.29) is 42.4 Å². The highest BCUT2D eigenvalue weighted by molar-refractivity contribution is 7.89. The maximum atomic E-state index is 12.7. The van der Waals surface area contributed by atoms with Crippen molar-refractivity contribution in [3.05, 3.63) is 54.1 Å². The molecule has 0 bridgehead atoms. The molecule has 0 atom stereocenters. The number of sulfonamides is 1. The second-order valence-corrected chi connectivity index (χ2v) is 7.98. The second-order valence-electron chi connectivity index (χ2n) is 6.04. The molecule has 3 rings (SSSR count). The van der Waals surface area contributed by atoms with E-state index in [1.54, 1.807) is 0 Å². The Labute approximate surface area is 165 Å². The molecule has 1 N–H and O–H groups in total. The van der Waals surface area contributed by atoms with Crippen molar-refractivity contribution in [1.82, 2.24) is 4.31 Å². The highest BCUT2D eigenvalue weighted by atomic mass is 32.2. The van der Waals surface area contributed by atoms with Gasteiger partial charge in [0.15, 0.2) is 5.75 Å². The molecular weight excluding hydrogens is 413 g/mol. The minimum atomic E-state index is -4.92. The topological polar surface area (TPSA) is 84.9 Å². The average molecular weight is 430 g/mol. The lowest BCUT2D eigenvalue weighted by molar-refractivity contribution is -0.274. The molecule has 0 unspecified atom stereocenters. The molecule has 0 saturated carbocycles. The van der Waals surface area contributed by atoms with Crippen molar-refractivity contribution in [1.29, 1.82) is 0 Å². The molecule has 0 aliphatic carbocycles. The van der Waals surface area contributed by atoms with Crippen molar-refractivity contribution in [2.45, 2.75) is 11.3 Å². The lowest BCUT2D eigenvalue weighted by Gasteiger charge is -2.26. The van der Waals surface area contributed by atoms with Gasteiger partial charge in [0, 0.05) is 18.7 Å². The van der Waals surface area contributed by atoms with Crippen LogP contribution in [0.2, 0.25) is 0 Å². The predicted octanol–water partition coefficient (Wildman–Crippen LogP) is 2.86. The Morgan fingerprint density at radius 3 is 2.45 bits per heavy atom. The summed E-state index contributed by atoms with van der Waals surface area (Å²) in [7, 11) is -3.82. The maximum Gasteiger partial charge on any atom is 0.573 e. The van der Waals surface area contributed by atoms with Gasteiger partial charge in [-0.15, -0.1) is 13.2 Å². The lowest BCUT2D eigenvalue weighted by atomic mass is 10.2. The molecule has 11 heteroatoms. The monoisotopic (exact) mass is 430 g/mol. The number of hydrogen-bond acceptors (Lipinski definition) is 5.